The molecule has 2 heteroatoms. The van der Waals surface area contributed by atoms with Crippen LogP contribution in [0.5, 0.6) is 0 Å². The number of hydrogen-bond acceptors (Lipinski definition) is 2. The zero-order valence-corrected chi connectivity index (χ0v) is 6.59. The standard InChI is InChI=1S/C8H14N2/c1-10(2)9-8-6-4-3-5-7-8/h4,6-7,9H,3,5H2,1-2H3. The first-order valence-electron chi connectivity index (χ1n) is 3.60. The molecule has 0 atom stereocenters. The van der Waals surface area contributed by atoms with Gasteiger partial charge in [-0.2, -0.15) is 0 Å². The summed E-state index contributed by atoms with van der Waals surface area (Å²) in [5.74, 6) is 0. The van der Waals surface area contributed by atoms with Crippen LogP contribution >= 0.6 is 0 Å². The second-order valence-corrected chi connectivity index (χ2v) is 2.65. The first kappa shape index (κ1) is 7.35. The highest BCUT2D eigenvalue weighted by molar-refractivity contribution is 5.19. The van der Waals surface area contributed by atoms with Gasteiger partial charge in [-0.3, -0.25) is 0 Å². The van der Waals surface area contributed by atoms with Gasteiger partial charge in [-0.15, -0.1) is 0 Å². The van der Waals surface area contributed by atoms with Crippen LogP contribution in [-0.4, -0.2) is 19.1 Å². The molecule has 0 unspecified atom stereocenters. The number of hydrazine groups is 1. The van der Waals surface area contributed by atoms with Crippen LogP contribution in [0.1, 0.15) is 12.8 Å². The summed E-state index contributed by atoms with van der Waals surface area (Å²) in [6, 6.07) is 0. The average Bonchev–Trinajstić information content (AvgIpc) is 1.88. The highest BCUT2D eigenvalue weighted by Gasteiger charge is 1.95. The lowest BCUT2D eigenvalue weighted by atomic mass is 10.1. The maximum atomic E-state index is 3.19. The fraction of sp³-hybridized carbons (Fsp3) is 0.500. The number of hydrogen-bond donors (Lipinski definition) is 1. The van der Waals surface area contributed by atoms with Crippen LogP contribution in [0.2, 0.25) is 0 Å². The third-order valence-corrected chi connectivity index (χ3v) is 1.35. The summed E-state index contributed by atoms with van der Waals surface area (Å²) in [5.41, 5.74) is 4.39. The smallest absolute Gasteiger partial charge is 0.0446 e. The minimum absolute atomic E-state index is 1.16. The molecule has 0 aromatic heterocycles. The topological polar surface area (TPSA) is 15.3 Å². The van der Waals surface area contributed by atoms with E-state index in [0.717, 1.165) is 6.42 Å². The van der Waals surface area contributed by atoms with Crippen LogP contribution in [0.4, 0.5) is 0 Å². The molecule has 0 saturated heterocycles. The molecule has 1 rings (SSSR count). The molecule has 1 aliphatic rings. The third kappa shape index (κ3) is 2.23. The van der Waals surface area contributed by atoms with Crippen molar-refractivity contribution in [3.05, 3.63) is 23.9 Å². The Morgan fingerprint density at radius 3 is 2.70 bits per heavy atom. The van der Waals surface area contributed by atoms with Crippen LogP contribution < -0.4 is 5.43 Å². The summed E-state index contributed by atoms with van der Waals surface area (Å²) < 4.78 is 0. The summed E-state index contributed by atoms with van der Waals surface area (Å²) in [5, 5.41) is 1.95. The van der Waals surface area contributed by atoms with Gasteiger partial charge >= 0.3 is 0 Å². The van der Waals surface area contributed by atoms with Crippen molar-refractivity contribution in [3.63, 3.8) is 0 Å². The number of nitrogens with one attached hydrogen (secondary N) is 1. The van der Waals surface area contributed by atoms with Crippen molar-refractivity contribution >= 4 is 0 Å². The maximum absolute atomic E-state index is 3.19. The van der Waals surface area contributed by atoms with Gasteiger partial charge in [0, 0.05) is 19.8 Å². The van der Waals surface area contributed by atoms with Gasteiger partial charge in [0.05, 0.1) is 0 Å². The van der Waals surface area contributed by atoms with Crippen LogP contribution in [-0.2, 0) is 0 Å². The molecule has 1 aliphatic carbocycles. The van der Waals surface area contributed by atoms with Crippen molar-refractivity contribution in [1.82, 2.24) is 10.4 Å². The van der Waals surface area contributed by atoms with Crippen molar-refractivity contribution in [1.29, 1.82) is 0 Å². The van der Waals surface area contributed by atoms with E-state index in [9.17, 15) is 0 Å². The molecule has 0 bridgehead atoms. The van der Waals surface area contributed by atoms with Gasteiger partial charge in [-0.25, -0.2) is 5.01 Å². The summed E-state index contributed by atoms with van der Waals surface area (Å²) in [6.07, 6.45) is 8.85. The molecule has 0 saturated carbocycles. The molecule has 2 nitrogen and oxygen atoms in total. The van der Waals surface area contributed by atoms with Gasteiger partial charge in [0.2, 0.25) is 0 Å². The molecule has 0 spiro atoms. The Kier molecular flexibility index (Phi) is 2.51. The summed E-state index contributed by atoms with van der Waals surface area (Å²) in [6.45, 7) is 0. The fourth-order valence-electron chi connectivity index (χ4n) is 0.955. The van der Waals surface area contributed by atoms with Crippen LogP contribution in [0.25, 0.3) is 0 Å². The lowest BCUT2D eigenvalue weighted by Crippen LogP contribution is -2.29. The molecule has 1 N–H and O–H groups in total. The van der Waals surface area contributed by atoms with E-state index in [-0.39, 0.29) is 0 Å². The molecule has 0 radical (unpaired) electrons. The van der Waals surface area contributed by atoms with Crippen LogP contribution in [0.15, 0.2) is 23.9 Å². The molecular formula is C8H14N2. The van der Waals surface area contributed by atoms with Crippen molar-refractivity contribution in [2.24, 2.45) is 0 Å². The Morgan fingerprint density at radius 2 is 2.20 bits per heavy atom. The van der Waals surface area contributed by atoms with E-state index < -0.39 is 0 Å². The van der Waals surface area contributed by atoms with Gasteiger partial charge in [0.15, 0.2) is 0 Å². The molecule has 0 aliphatic heterocycles. The van der Waals surface area contributed by atoms with Gasteiger partial charge in [0.1, 0.15) is 0 Å². The number of nitrogens with zero attached hydrogens (tertiary/aromatic N) is 1. The quantitative estimate of drug-likeness (QED) is 0.578. The summed E-state index contributed by atoms with van der Waals surface area (Å²) >= 11 is 0. The Balaban J connectivity index is 2.40. The minimum atomic E-state index is 1.16. The molecule has 0 fully saturated rings. The van der Waals surface area contributed by atoms with Gasteiger partial charge < -0.3 is 5.43 Å². The Labute approximate surface area is 62.2 Å². The van der Waals surface area contributed by atoms with Crippen molar-refractivity contribution in [2.75, 3.05) is 14.1 Å². The largest absolute Gasteiger partial charge is 0.320 e. The first-order valence-corrected chi connectivity index (χ1v) is 3.60. The highest BCUT2D eigenvalue weighted by Crippen LogP contribution is 2.06. The molecule has 0 aromatic carbocycles. The maximum Gasteiger partial charge on any atom is 0.0446 e. The first-order chi connectivity index (χ1) is 4.79. The Bertz CT molecular complexity index is 157. The molecule has 0 heterocycles. The molecular weight excluding hydrogens is 124 g/mol. The second-order valence-electron chi connectivity index (χ2n) is 2.65. The van der Waals surface area contributed by atoms with Crippen LogP contribution in [0, 0.1) is 0 Å². The van der Waals surface area contributed by atoms with E-state index >= 15 is 0 Å². The summed E-state index contributed by atoms with van der Waals surface area (Å²) in [4.78, 5) is 0. The highest BCUT2D eigenvalue weighted by atomic mass is 15.5. The SMILES string of the molecule is CN(C)NC1=CCCC=C1. The lowest BCUT2D eigenvalue weighted by molar-refractivity contribution is 0.331. The average molecular weight is 138 g/mol. The van der Waals surface area contributed by atoms with Gasteiger partial charge in [-0.1, -0.05) is 12.2 Å². The molecule has 56 valence electrons. The van der Waals surface area contributed by atoms with E-state index in [2.05, 4.69) is 23.7 Å². The lowest BCUT2D eigenvalue weighted by Gasteiger charge is -2.15. The monoisotopic (exact) mass is 138 g/mol. The molecule has 10 heavy (non-hydrogen) atoms. The predicted octanol–water partition coefficient (Wildman–Crippen LogP) is 1.29. The number of rotatable bonds is 2. The zero-order valence-electron chi connectivity index (χ0n) is 6.59. The van der Waals surface area contributed by atoms with Crippen molar-refractivity contribution in [2.45, 2.75) is 12.8 Å². The van der Waals surface area contributed by atoms with E-state index in [0.29, 0.717) is 0 Å². The van der Waals surface area contributed by atoms with Crippen molar-refractivity contribution < 1.29 is 0 Å². The van der Waals surface area contributed by atoms with E-state index in [4.69, 9.17) is 0 Å². The van der Waals surface area contributed by atoms with Gasteiger partial charge in [0.25, 0.3) is 0 Å². The fourth-order valence-corrected chi connectivity index (χ4v) is 0.955. The van der Waals surface area contributed by atoms with Gasteiger partial charge in [-0.05, 0) is 18.9 Å². The zero-order chi connectivity index (χ0) is 7.40. The van der Waals surface area contributed by atoms with Crippen LogP contribution in [0.3, 0.4) is 0 Å². The normalized spacial score (nSPS) is 17.3. The van der Waals surface area contributed by atoms with Crippen molar-refractivity contribution in [3.8, 4) is 0 Å². The van der Waals surface area contributed by atoms with E-state index in [1.165, 1.54) is 12.1 Å². The minimum Gasteiger partial charge on any atom is -0.320 e. The molecule has 0 amide bonds. The predicted molar refractivity (Wildman–Crippen MR) is 43.3 cm³/mol. The Morgan fingerprint density at radius 1 is 1.40 bits per heavy atom. The third-order valence-electron chi connectivity index (χ3n) is 1.35. The second kappa shape index (κ2) is 3.42. The molecule has 0 aromatic rings. The Hall–Kier alpha value is -0.760. The number of allylic oxidation sites excluding steroid dienone is 3. The van der Waals surface area contributed by atoms with E-state index in [1.807, 2.05) is 19.1 Å². The summed E-state index contributed by atoms with van der Waals surface area (Å²) in [7, 11) is 3.98. The van der Waals surface area contributed by atoms with E-state index in [1.54, 1.807) is 0 Å².